The maximum Gasteiger partial charge on any atom is 0.123 e. The van der Waals surface area contributed by atoms with Gasteiger partial charge in [-0.1, -0.05) is 6.07 Å². The number of carbonyl (C=O) groups is 1. The van der Waals surface area contributed by atoms with Crippen molar-refractivity contribution in [2.75, 3.05) is 60.2 Å². The molecule has 3 N–H and O–H groups in total. The van der Waals surface area contributed by atoms with Crippen LogP contribution in [-0.2, 0) is 16.9 Å². The Morgan fingerprint density at radius 1 is 0.844 bits per heavy atom. The van der Waals surface area contributed by atoms with Crippen LogP contribution in [0.25, 0.3) is 0 Å². The van der Waals surface area contributed by atoms with E-state index in [1.165, 1.54) is 67.0 Å². The van der Waals surface area contributed by atoms with Crippen LogP contribution in [0.2, 0.25) is 0 Å². The van der Waals surface area contributed by atoms with Crippen molar-refractivity contribution in [3.8, 4) is 5.75 Å². The number of nitrogens with one attached hydrogen (secondary N) is 1. The summed E-state index contributed by atoms with van der Waals surface area (Å²) in [5.41, 5.74) is 9.36. The SMILES string of the molecule is Cc1cc(N2CCN(c3ccc(C(=O)Nc4ccc(F)cc4)cc3)CC2)ccc1OC[C@@H]1CO[C@@](Cn2cncn2)(c2ccc(F)cc2F)C1.I.II.I[I-]I.Nc1ccc(F)cc1. The fraction of sp³-hybridized carbons (Fsp3) is 0.250. The van der Waals surface area contributed by atoms with Gasteiger partial charge in [-0.25, -0.2) is 27.2 Å². The zero-order valence-electron chi connectivity index (χ0n) is 34.1. The summed E-state index contributed by atoms with van der Waals surface area (Å²) in [5.74, 6) is -1.39. The molecule has 2 aliphatic heterocycles. The van der Waals surface area contributed by atoms with E-state index in [4.69, 9.17) is 15.2 Å². The van der Waals surface area contributed by atoms with Crippen LogP contribution in [0.4, 0.5) is 40.3 Å². The van der Waals surface area contributed by atoms with Crippen molar-refractivity contribution in [3.05, 3.63) is 162 Å². The van der Waals surface area contributed by atoms with Crippen LogP contribution in [0.5, 0.6) is 5.75 Å². The average molecular weight is 1560 g/mol. The Morgan fingerprint density at radius 3 is 1.98 bits per heavy atom. The molecule has 0 unspecified atom stereocenters. The molecule has 64 heavy (non-hydrogen) atoms. The van der Waals surface area contributed by atoms with Gasteiger partial charge in [0, 0.05) is 109 Å². The van der Waals surface area contributed by atoms with Crippen molar-refractivity contribution in [1.29, 1.82) is 0 Å². The second kappa shape index (κ2) is 27.7. The molecule has 8 rings (SSSR count). The molecular weight excluding hydrogens is 1510 g/mol. The predicted octanol–water partition coefficient (Wildman–Crippen LogP) is 9.17. The molecule has 344 valence electrons. The van der Waals surface area contributed by atoms with E-state index in [1.54, 1.807) is 23.1 Å². The zero-order chi connectivity index (χ0) is 45.4. The predicted molar refractivity (Wildman–Crippen MR) is 286 cm³/mol. The Morgan fingerprint density at radius 2 is 1.42 bits per heavy atom. The standard InChI is InChI=1S/C38H37F3N6O3.C6H6FN.I3.I2.HI/c1-26-18-33(46-16-14-45(15-17-46)32-9-2-28(3-10-32)37(48)44-31-7-4-29(39)5-8-31)11-13-36(26)49-21-27-20-38(50-22-27,23-47-25-42-24-43-47)34-12-6-30(40)19-35(34)41;7-5-1-3-6(8)4-2-5;1-3-2;1-2;/h2-13,18-19,24-25,27H,14-17,20-23H2,1H3,(H,44,48);1-4H,8H2;;;1H/q;;-1;;/t27-,38+;;;;/m1..../s1. The van der Waals surface area contributed by atoms with Gasteiger partial charge >= 0.3 is 50.5 Å². The molecule has 0 bridgehead atoms. The molecule has 5 aromatic carbocycles. The van der Waals surface area contributed by atoms with Crippen LogP contribution in [0.1, 0.15) is 27.9 Å². The number of rotatable bonds is 10. The number of anilines is 4. The van der Waals surface area contributed by atoms with E-state index in [0.29, 0.717) is 55.4 Å². The number of hydrogen-bond acceptors (Lipinski definition) is 8. The Hall–Kier alpha value is -2.03. The topological polar surface area (TPSA) is 111 Å². The summed E-state index contributed by atoms with van der Waals surface area (Å²) in [4.78, 5) is 21.3. The summed E-state index contributed by atoms with van der Waals surface area (Å²) in [6.45, 7) is 6.33. The van der Waals surface area contributed by atoms with E-state index < -0.39 is 17.2 Å². The smallest absolute Gasteiger partial charge is 0.123 e. The van der Waals surface area contributed by atoms with E-state index in [1.807, 2.05) is 25.1 Å². The quantitative estimate of drug-likeness (QED) is 0.0795. The van der Waals surface area contributed by atoms with Crippen LogP contribution in [0, 0.1) is 36.1 Å². The maximum absolute atomic E-state index is 15.0. The molecule has 2 fully saturated rings. The molecule has 0 radical (unpaired) electrons. The number of nitrogens with two attached hydrogens (primary N) is 1. The van der Waals surface area contributed by atoms with Gasteiger partial charge in [-0.15, -0.1) is 24.0 Å². The van der Waals surface area contributed by atoms with Gasteiger partial charge in [0.1, 0.15) is 47.3 Å². The largest absolute Gasteiger partial charge is 0.399 e. The first-order valence-corrected chi connectivity index (χ1v) is 38.2. The minimum atomic E-state index is -1.03. The number of amides is 1. The minimum Gasteiger partial charge on any atom is -0.399 e. The van der Waals surface area contributed by atoms with Gasteiger partial charge in [-0.3, -0.25) is 4.79 Å². The molecule has 20 heteroatoms. The molecule has 0 spiro atoms. The van der Waals surface area contributed by atoms with E-state index in [9.17, 15) is 22.4 Å². The summed E-state index contributed by atoms with van der Waals surface area (Å²) in [5, 5.41) is 6.98. The fourth-order valence-corrected chi connectivity index (χ4v) is 7.23. The summed E-state index contributed by atoms with van der Waals surface area (Å²) < 4.78 is 68.1. The van der Waals surface area contributed by atoms with Gasteiger partial charge in [-0.05, 0) is 116 Å². The Kier molecular flexibility index (Phi) is 23.6. The van der Waals surface area contributed by atoms with E-state index in [-0.39, 0.29) is 54.0 Å². The molecule has 1 aromatic heterocycles. The molecule has 0 saturated carbocycles. The normalized spacial score (nSPS) is 16.5. The summed E-state index contributed by atoms with van der Waals surface area (Å²) in [6.07, 6.45) is 3.45. The molecule has 6 aromatic rings. The first-order valence-electron chi connectivity index (χ1n) is 19.3. The number of ether oxygens (including phenoxy) is 2. The number of aryl methyl sites for hydroxylation is 1. The maximum atomic E-state index is 15.0. The third kappa shape index (κ3) is 16.1. The zero-order valence-corrected chi connectivity index (χ0v) is 47.2. The van der Waals surface area contributed by atoms with Crippen molar-refractivity contribution < 1.29 is 45.1 Å². The molecule has 1 amide bonds. The number of halogens is 10. The van der Waals surface area contributed by atoms with Gasteiger partial charge in [0.05, 0.1) is 19.8 Å². The number of nitrogens with zero attached hydrogens (tertiary/aromatic N) is 5. The average Bonchev–Trinajstić information content (AvgIpc) is 3.97. The number of benzene rings is 5. The van der Waals surface area contributed by atoms with E-state index >= 15 is 0 Å². The van der Waals surface area contributed by atoms with Crippen LogP contribution < -0.4 is 38.8 Å². The Balaban J connectivity index is 0.000000562. The molecule has 10 nitrogen and oxygen atoms in total. The molecule has 2 atom stereocenters. The van der Waals surface area contributed by atoms with E-state index in [2.05, 4.69) is 112 Å². The van der Waals surface area contributed by atoms with Crippen molar-refractivity contribution in [1.82, 2.24) is 14.8 Å². The summed E-state index contributed by atoms with van der Waals surface area (Å²) >= 11 is 9.54. The van der Waals surface area contributed by atoms with Crippen molar-refractivity contribution in [2.24, 2.45) is 5.92 Å². The Labute approximate surface area is 440 Å². The minimum absolute atomic E-state index is 0. The summed E-state index contributed by atoms with van der Waals surface area (Å²) in [7, 11) is 0. The number of aromatic nitrogens is 3. The first kappa shape index (κ1) is 54.6. The fourth-order valence-electron chi connectivity index (χ4n) is 7.23. The molecule has 2 saturated heterocycles. The Bertz CT molecular complexity index is 2310. The van der Waals surface area contributed by atoms with Crippen LogP contribution in [0.15, 0.2) is 122 Å². The van der Waals surface area contributed by atoms with Crippen molar-refractivity contribution in [3.63, 3.8) is 0 Å². The number of hydrogen-bond donors (Lipinski definition) is 2. The van der Waals surface area contributed by atoms with Gasteiger partial charge in [0.2, 0.25) is 0 Å². The molecule has 2 aliphatic rings. The second-order valence-corrected chi connectivity index (χ2v) is 30.7. The monoisotopic (exact) mass is 1560 g/mol. The van der Waals surface area contributed by atoms with Crippen LogP contribution in [0.3, 0.4) is 0 Å². The number of nitrogen functional groups attached to an aromatic ring is 1. The number of carbonyl (C=O) groups excluding carboxylic acids is 1. The van der Waals surface area contributed by atoms with E-state index in [0.717, 1.165) is 54.9 Å². The summed E-state index contributed by atoms with van der Waals surface area (Å²) in [6, 6.07) is 28.7. The first-order chi connectivity index (χ1) is 30.4. The number of piperazine rings is 1. The van der Waals surface area contributed by atoms with Crippen LogP contribution >= 0.6 is 98.4 Å². The second-order valence-electron chi connectivity index (χ2n) is 14.4. The van der Waals surface area contributed by atoms with Crippen molar-refractivity contribution in [2.45, 2.75) is 25.5 Å². The van der Waals surface area contributed by atoms with Gasteiger partial charge in [0.25, 0.3) is 5.91 Å². The molecule has 0 aliphatic carbocycles. The third-order valence-corrected chi connectivity index (χ3v) is 10.3. The molecular formula is C44H44F4I6N7O3-. The van der Waals surface area contributed by atoms with Crippen LogP contribution in [-0.4, -0.2) is 60.1 Å². The van der Waals surface area contributed by atoms with Crippen molar-refractivity contribution >= 4 is 127 Å². The third-order valence-electron chi connectivity index (χ3n) is 10.3. The van der Waals surface area contributed by atoms with Gasteiger partial charge in [-0.2, -0.15) is 5.10 Å². The molecule has 3 heterocycles. The van der Waals surface area contributed by atoms with Gasteiger partial charge in [0.15, 0.2) is 0 Å². The van der Waals surface area contributed by atoms with Gasteiger partial charge < -0.3 is 30.3 Å².